The van der Waals surface area contributed by atoms with Crippen LogP contribution in [0.4, 0.5) is 4.39 Å². The van der Waals surface area contributed by atoms with Crippen molar-refractivity contribution >= 4 is 15.9 Å². The Morgan fingerprint density at radius 1 is 1.56 bits per heavy atom. The topological polar surface area (TPSA) is 47.3 Å². The average Bonchev–Trinajstić information content (AvgIpc) is 2.38. The lowest BCUT2D eigenvalue weighted by Gasteiger charge is -2.35. The largest absolute Gasteiger partial charge is 0.377 e. The van der Waals surface area contributed by atoms with Crippen LogP contribution in [0.1, 0.15) is 25.8 Å². The molecule has 0 spiro atoms. The second kappa shape index (κ2) is 6.61. The summed E-state index contributed by atoms with van der Waals surface area (Å²) < 4.78 is 20.1. The second-order valence-corrected chi connectivity index (χ2v) is 5.45. The summed E-state index contributed by atoms with van der Waals surface area (Å²) in [7, 11) is 1.64. The zero-order chi connectivity index (χ0) is 13.8. The molecule has 1 aromatic carbocycles. The van der Waals surface area contributed by atoms with Gasteiger partial charge in [0.1, 0.15) is 5.82 Å². The van der Waals surface area contributed by atoms with E-state index in [1.54, 1.807) is 19.2 Å². The number of rotatable bonds is 6. The first kappa shape index (κ1) is 15.6. The highest BCUT2D eigenvalue weighted by atomic mass is 79.9. The van der Waals surface area contributed by atoms with E-state index < -0.39 is 5.60 Å². The summed E-state index contributed by atoms with van der Waals surface area (Å²) in [6.07, 6.45) is 1.26. The van der Waals surface area contributed by atoms with Gasteiger partial charge in [0.2, 0.25) is 0 Å². The number of methoxy groups -OCH3 is 1. The Bertz CT molecular complexity index is 397. The molecule has 0 aromatic heterocycles. The molecule has 18 heavy (non-hydrogen) atoms. The number of benzene rings is 1. The molecule has 1 rings (SSSR count). The minimum atomic E-state index is -0.427. The Balaban J connectivity index is 2.95. The Hall–Kier alpha value is -0.490. The Kier molecular flexibility index (Phi) is 5.72. The Morgan fingerprint density at radius 3 is 2.72 bits per heavy atom. The van der Waals surface area contributed by atoms with Gasteiger partial charge in [-0.05, 0) is 43.5 Å². The SMILES string of the molecule is CCC(C)(OC)C(Cc1cc(Br)ccc1F)NN. The van der Waals surface area contributed by atoms with E-state index in [9.17, 15) is 4.39 Å². The summed E-state index contributed by atoms with van der Waals surface area (Å²) in [5.74, 6) is 5.35. The summed E-state index contributed by atoms with van der Waals surface area (Å²) in [5, 5.41) is 0. The molecule has 0 aliphatic heterocycles. The van der Waals surface area contributed by atoms with Gasteiger partial charge in [0, 0.05) is 11.6 Å². The van der Waals surface area contributed by atoms with Crippen molar-refractivity contribution in [3.63, 3.8) is 0 Å². The van der Waals surface area contributed by atoms with Crippen molar-refractivity contribution in [2.24, 2.45) is 5.84 Å². The van der Waals surface area contributed by atoms with Crippen LogP contribution in [0.2, 0.25) is 0 Å². The van der Waals surface area contributed by atoms with Crippen molar-refractivity contribution in [1.82, 2.24) is 5.43 Å². The summed E-state index contributed by atoms with van der Waals surface area (Å²) in [4.78, 5) is 0. The van der Waals surface area contributed by atoms with Crippen LogP contribution in [0, 0.1) is 5.82 Å². The highest BCUT2D eigenvalue weighted by molar-refractivity contribution is 9.10. The van der Waals surface area contributed by atoms with Crippen LogP contribution in [0.5, 0.6) is 0 Å². The molecule has 0 fully saturated rings. The maximum absolute atomic E-state index is 13.7. The Morgan fingerprint density at radius 2 is 2.22 bits per heavy atom. The summed E-state index contributed by atoms with van der Waals surface area (Å²) in [5.41, 5.74) is 2.92. The molecule has 0 amide bonds. The molecule has 0 heterocycles. The molecule has 0 aliphatic carbocycles. The minimum Gasteiger partial charge on any atom is -0.377 e. The third-order valence-electron chi connectivity index (χ3n) is 3.54. The summed E-state index contributed by atoms with van der Waals surface area (Å²) >= 11 is 3.34. The van der Waals surface area contributed by atoms with E-state index in [0.29, 0.717) is 12.0 Å². The van der Waals surface area contributed by atoms with Crippen molar-refractivity contribution in [2.45, 2.75) is 38.3 Å². The van der Waals surface area contributed by atoms with E-state index in [4.69, 9.17) is 10.6 Å². The Labute approximate surface area is 116 Å². The van der Waals surface area contributed by atoms with Crippen LogP contribution < -0.4 is 11.3 Å². The molecule has 0 aliphatic rings. The van der Waals surface area contributed by atoms with Crippen LogP contribution in [-0.4, -0.2) is 18.8 Å². The fraction of sp³-hybridized carbons (Fsp3) is 0.538. The third kappa shape index (κ3) is 3.51. The van der Waals surface area contributed by atoms with Crippen molar-refractivity contribution in [1.29, 1.82) is 0 Å². The smallest absolute Gasteiger partial charge is 0.126 e. The first-order valence-corrected chi connectivity index (χ1v) is 6.71. The molecule has 0 saturated carbocycles. The first-order chi connectivity index (χ1) is 8.46. The van der Waals surface area contributed by atoms with E-state index in [0.717, 1.165) is 10.9 Å². The average molecular weight is 319 g/mol. The van der Waals surface area contributed by atoms with Gasteiger partial charge in [-0.25, -0.2) is 4.39 Å². The van der Waals surface area contributed by atoms with Crippen LogP contribution >= 0.6 is 15.9 Å². The van der Waals surface area contributed by atoms with E-state index in [1.807, 2.05) is 13.8 Å². The van der Waals surface area contributed by atoms with Crippen molar-refractivity contribution in [3.8, 4) is 0 Å². The maximum atomic E-state index is 13.7. The maximum Gasteiger partial charge on any atom is 0.126 e. The van der Waals surface area contributed by atoms with E-state index in [-0.39, 0.29) is 11.9 Å². The van der Waals surface area contributed by atoms with E-state index in [2.05, 4.69) is 21.4 Å². The van der Waals surface area contributed by atoms with Gasteiger partial charge >= 0.3 is 0 Å². The van der Waals surface area contributed by atoms with E-state index >= 15 is 0 Å². The second-order valence-electron chi connectivity index (χ2n) is 4.53. The van der Waals surface area contributed by atoms with Gasteiger partial charge in [0.15, 0.2) is 0 Å². The predicted molar refractivity (Wildman–Crippen MR) is 74.6 cm³/mol. The lowest BCUT2D eigenvalue weighted by atomic mass is 9.88. The van der Waals surface area contributed by atoms with Gasteiger partial charge in [0.05, 0.1) is 11.6 Å². The lowest BCUT2D eigenvalue weighted by molar-refractivity contribution is -0.0289. The molecule has 3 nitrogen and oxygen atoms in total. The molecule has 102 valence electrons. The van der Waals surface area contributed by atoms with Gasteiger partial charge in [-0.2, -0.15) is 0 Å². The number of hydrazine groups is 1. The molecule has 5 heteroatoms. The van der Waals surface area contributed by atoms with Crippen LogP contribution in [0.25, 0.3) is 0 Å². The molecule has 0 radical (unpaired) electrons. The van der Waals surface area contributed by atoms with Crippen LogP contribution in [-0.2, 0) is 11.2 Å². The van der Waals surface area contributed by atoms with Crippen molar-refractivity contribution < 1.29 is 9.13 Å². The van der Waals surface area contributed by atoms with Crippen LogP contribution in [0.15, 0.2) is 22.7 Å². The normalized spacial score (nSPS) is 16.3. The zero-order valence-corrected chi connectivity index (χ0v) is 12.6. The third-order valence-corrected chi connectivity index (χ3v) is 4.03. The van der Waals surface area contributed by atoms with E-state index in [1.165, 1.54) is 6.07 Å². The van der Waals surface area contributed by atoms with Gasteiger partial charge in [0.25, 0.3) is 0 Å². The molecular weight excluding hydrogens is 299 g/mol. The number of hydrogen-bond donors (Lipinski definition) is 2. The molecule has 3 N–H and O–H groups in total. The van der Waals surface area contributed by atoms with Gasteiger partial charge < -0.3 is 4.74 Å². The highest BCUT2D eigenvalue weighted by Gasteiger charge is 2.32. The quantitative estimate of drug-likeness (QED) is 0.626. The standard InChI is InChI=1S/C13H20BrFN2O/c1-4-13(2,18-3)12(17-16)8-9-7-10(14)5-6-11(9)15/h5-7,12,17H,4,8,16H2,1-3H3. The fourth-order valence-corrected chi connectivity index (χ4v) is 2.31. The molecule has 1 aromatic rings. The number of ether oxygens (including phenoxy) is 1. The van der Waals surface area contributed by atoms with Crippen molar-refractivity contribution in [2.75, 3.05) is 7.11 Å². The number of nitrogens with two attached hydrogens (primary N) is 1. The van der Waals surface area contributed by atoms with Gasteiger partial charge in [-0.3, -0.25) is 11.3 Å². The molecule has 2 atom stereocenters. The minimum absolute atomic E-state index is 0.156. The molecule has 2 unspecified atom stereocenters. The highest BCUT2D eigenvalue weighted by Crippen LogP contribution is 2.24. The van der Waals surface area contributed by atoms with Crippen LogP contribution in [0.3, 0.4) is 0 Å². The van der Waals surface area contributed by atoms with Gasteiger partial charge in [-0.1, -0.05) is 22.9 Å². The predicted octanol–water partition coefficient (Wildman–Crippen LogP) is 2.78. The number of hydrogen-bond acceptors (Lipinski definition) is 3. The zero-order valence-electron chi connectivity index (χ0n) is 11.0. The monoisotopic (exact) mass is 318 g/mol. The number of halogens is 2. The number of nitrogens with one attached hydrogen (secondary N) is 1. The van der Waals surface area contributed by atoms with Crippen molar-refractivity contribution in [3.05, 3.63) is 34.1 Å². The lowest BCUT2D eigenvalue weighted by Crippen LogP contribution is -2.53. The van der Waals surface area contributed by atoms with Gasteiger partial charge in [-0.15, -0.1) is 0 Å². The first-order valence-electron chi connectivity index (χ1n) is 5.92. The molecule has 0 saturated heterocycles. The molecule has 0 bridgehead atoms. The summed E-state index contributed by atoms with van der Waals surface area (Å²) in [6.45, 7) is 3.98. The summed E-state index contributed by atoms with van der Waals surface area (Å²) in [6, 6.07) is 4.74. The fourth-order valence-electron chi connectivity index (χ4n) is 1.90. The molecular formula is C13H20BrFN2O.